The molecule has 0 bridgehead atoms. The van der Waals surface area contributed by atoms with Crippen LogP contribution in [0, 0.1) is 16.0 Å². The van der Waals surface area contributed by atoms with Crippen molar-refractivity contribution in [3.63, 3.8) is 0 Å². The number of rotatable bonds is 4. The van der Waals surface area contributed by atoms with Crippen LogP contribution in [0.5, 0.6) is 0 Å². The van der Waals surface area contributed by atoms with E-state index in [1.807, 2.05) is 32.4 Å². The number of hydrogen-bond donors (Lipinski definition) is 0. The molecule has 1 spiro atoms. The molecule has 2 aliphatic heterocycles. The van der Waals surface area contributed by atoms with Gasteiger partial charge in [-0.05, 0) is 35.9 Å². The van der Waals surface area contributed by atoms with Crippen LogP contribution in [0.15, 0.2) is 12.3 Å². The number of aromatic nitrogens is 6. The minimum Gasteiger partial charge on any atom is -0.355 e. The van der Waals surface area contributed by atoms with E-state index in [2.05, 4.69) is 25.0 Å². The first-order chi connectivity index (χ1) is 15.5. The molecule has 5 heterocycles. The summed E-state index contributed by atoms with van der Waals surface area (Å²) < 4.78 is 66.8. The highest BCUT2D eigenvalue weighted by Crippen LogP contribution is 2.43. The molecule has 33 heavy (non-hydrogen) atoms. The van der Waals surface area contributed by atoms with Crippen molar-refractivity contribution in [3.05, 3.63) is 27.5 Å². The van der Waals surface area contributed by atoms with E-state index < -0.39 is 24.8 Å². The average Bonchev–Trinajstić information content (AvgIpc) is 3.28. The smallest absolute Gasteiger partial charge is 0.355 e. The van der Waals surface area contributed by atoms with Crippen LogP contribution in [0.1, 0.15) is 17.9 Å². The summed E-state index contributed by atoms with van der Waals surface area (Å²) >= 11 is 1.94. The first kappa shape index (κ1) is 22.4. The van der Waals surface area contributed by atoms with Gasteiger partial charge in [-0.1, -0.05) is 0 Å². The Bertz CT molecular complexity index is 1210. The van der Waals surface area contributed by atoms with Gasteiger partial charge in [-0.3, -0.25) is 0 Å². The quantitative estimate of drug-likeness (QED) is 0.346. The average molecular weight is 580 g/mol. The zero-order chi connectivity index (χ0) is 23.5. The Kier molecular flexibility index (Phi) is 5.32. The molecule has 2 fully saturated rings. The third kappa shape index (κ3) is 4.17. The van der Waals surface area contributed by atoms with Crippen molar-refractivity contribution < 1.29 is 22.0 Å². The Labute approximate surface area is 198 Å². The van der Waals surface area contributed by atoms with Crippen molar-refractivity contribution in [2.24, 2.45) is 5.41 Å². The SMILES string of the molecule is Cc1nc(N2CC3(CCN(c4cnc5c(I)nn(CC(F)F)c5n4)C3)C2)cc(C(F)(F)F)n1. The monoisotopic (exact) mass is 580 g/mol. The van der Waals surface area contributed by atoms with Crippen molar-refractivity contribution in [2.75, 3.05) is 36.0 Å². The predicted octanol–water partition coefficient (Wildman–Crippen LogP) is 3.53. The predicted molar refractivity (Wildman–Crippen MR) is 117 cm³/mol. The molecule has 5 rings (SSSR count). The van der Waals surface area contributed by atoms with Crippen LogP contribution >= 0.6 is 22.6 Å². The van der Waals surface area contributed by atoms with E-state index in [0.717, 1.165) is 12.5 Å². The molecule has 0 aliphatic carbocycles. The van der Waals surface area contributed by atoms with Gasteiger partial charge in [0.05, 0.1) is 6.20 Å². The summed E-state index contributed by atoms with van der Waals surface area (Å²) in [4.78, 5) is 20.5. The molecule has 0 N–H and O–H groups in total. The fourth-order valence-corrected chi connectivity index (χ4v) is 5.12. The highest BCUT2D eigenvalue weighted by Gasteiger charge is 2.49. The van der Waals surface area contributed by atoms with Gasteiger partial charge >= 0.3 is 6.18 Å². The van der Waals surface area contributed by atoms with Gasteiger partial charge in [0.2, 0.25) is 0 Å². The molecule has 3 aromatic heterocycles. The second-order valence-corrected chi connectivity index (χ2v) is 9.47. The van der Waals surface area contributed by atoms with Gasteiger partial charge in [-0.2, -0.15) is 18.3 Å². The van der Waals surface area contributed by atoms with Crippen LogP contribution in [0.4, 0.5) is 33.6 Å². The molecule has 0 unspecified atom stereocenters. The first-order valence-corrected chi connectivity index (χ1v) is 11.2. The van der Waals surface area contributed by atoms with E-state index in [1.165, 1.54) is 11.6 Å². The summed E-state index contributed by atoms with van der Waals surface area (Å²) in [7, 11) is 0. The largest absolute Gasteiger partial charge is 0.433 e. The highest BCUT2D eigenvalue weighted by atomic mass is 127. The van der Waals surface area contributed by atoms with Crippen LogP contribution in [0.25, 0.3) is 11.2 Å². The number of alkyl halides is 5. The molecule has 176 valence electrons. The van der Waals surface area contributed by atoms with Gasteiger partial charge in [0.15, 0.2) is 9.35 Å². The molecule has 0 saturated carbocycles. The molecule has 0 radical (unpaired) electrons. The first-order valence-electron chi connectivity index (χ1n) is 10.1. The van der Waals surface area contributed by atoms with Gasteiger partial charge < -0.3 is 9.80 Å². The Hall–Kier alpha value is -2.39. The molecule has 0 aromatic carbocycles. The molecule has 2 saturated heterocycles. The minimum atomic E-state index is -4.53. The van der Waals surface area contributed by atoms with Crippen molar-refractivity contribution in [2.45, 2.75) is 32.5 Å². The number of hydrogen-bond acceptors (Lipinski definition) is 7. The molecular weight excluding hydrogens is 562 g/mol. The van der Waals surface area contributed by atoms with Gasteiger partial charge in [0.25, 0.3) is 6.43 Å². The third-order valence-corrected chi connectivity index (χ3v) is 6.68. The third-order valence-electron chi connectivity index (χ3n) is 5.95. The van der Waals surface area contributed by atoms with Crippen LogP contribution in [0.2, 0.25) is 0 Å². The number of anilines is 2. The van der Waals surface area contributed by atoms with Crippen molar-refractivity contribution >= 4 is 45.4 Å². The second kappa shape index (κ2) is 7.84. The molecular formula is C19H18F5IN8. The van der Waals surface area contributed by atoms with E-state index in [1.54, 1.807) is 6.20 Å². The summed E-state index contributed by atoms with van der Waals surface area (Å²) in [6.07, 6.45) is -4.65. The Morgan fingerprint density at radius 3 is 2.52 bits per heavy atom. The Balaban J connectivity index is 1.32. The Morgan fingerprint density at radius 1 is 1.09 bits per heavy atom. The fourth-order valence-electron chi connectivity index (χ4n) is 4.48. The van der Waals surface area contributed by atoms with Gasteiger partial charge in [0, 0.05) is 37.7 Å². The van der Waals surface area contributed by atoms with Crippen molar-refractivity contribution in [1.82, 2.24) is 29.7 Å². The number of halogens is 6. The highest BCUT2D eigenvalue weighted by molar-refractivity contribution is 14.1. The maximum absolute atomic E-state index is 13.1. The lowest BCUT2D eigenvalue weighted by molar-refractivity contribution is -0.141. The topological polar surface area (TPSA) is 75.9 Å². The summed E-state index contributed by atoms with van der Waals surface area (Å²) in [5, 5.41) is 4.11. The summed E-state index contributed by atoms with van der Waals surface area (Å²) in [6.45, 7) is 3.34. The van der Waals surface area contributed by atoms with Gasteiger partial charge in [-0.15, -0.1) is 0 Å². The van der Waals surface area contributed by atoms with Gasteiger partial charge in [0.1, 0.15) is 35.2 Å². The maximum atomic E-state index is 13.1. The normalized spacial score (nSPS) is 18.1. The zero-order valence-corrected chi connectivity index (χ0v) is 19.5. The molecule has 8 nitrogen and oxygen atoms in total. The fraction of sp³-hybridized carbons (Fsp3) is 0.526. The lowest BCUT2D eigenvalue weighted by Crippen LogP contribution is -2.58. The maximum Gasteiger partial charge on any atom is 0.433 e. The number of nitrogens with zero attached hydrogens (tertiary/aromatic N) is 8. The summed E-state index contributed by atoms with van der Waals surface area (Å²) in [5.74, 6) is 0.917. The summed E-state index contributed by atoms with van der Waals surface area (Å²) in [6, 6.07) is 0.984. The van der Waals surface area contributed by atoms with E-state index in [0.29, 0.717) is 46.9 Å². The number of fused-ring (bicyclic) bond motifs is 1. The minimum absolute atomic E-state index is 0.0763. The molecule has 14 heteroatoms. The van der Waals surface area contributed by atoms with Gasteiger partial charge in [-0.25, -0.2) is 33.4 Å². The van der Waals surface area contributed by atoms with E-state index in [4.69, 9.17) is 0 Å². The molecule has 0 atom stereocenters. The zero-order valence-electron chi connectivity index (χ0n) is 17.3. The molecule has 3 aromatic rings. The van der Waals surface area contributed by atoms with Crippen LogP contribution < -0.4 is 9.80 Å². The molecule has 0 amide bonds. The van der Waals surface area contributed by atoms with Crippen LogP contribution in [0.3, 0.4) is 0 Å². The van der Waals surface area contributed by atoms with Crippen LogP contribution in [-0.4, -0.2) is 62.3 Å². The summed E-state index contributed by atoms with van der Waals surface area (Å²) in [5.41, 5.74) is -0.267. The van der Waals surface area contributed by atoms with Crippen molar-refractivity contribution in [3.8, 4) is 0 Å². The van der Waals surface area contributed by atoms with E-state index in [9.17, 15) is 22.0 Å². The van der Waals surface area contributed by atoms with Crippen molar-refractivity contribution in [1.29, 1.82) is 0 Å². The lowest BCUT2D eigenvalue weighted by atomic mass is 9.79. The second-order valence-electron chi connectivity index (χ2n) is 8.45. The standard InChI is InChI=1S/C19H18F5IN8/c1-10-27-11(19(22,23)24)4-13(28-10)32-8-18(9-32)2-3-31(7-18)14-5-26-15-16(25)30-33(6-12(20)21)17(15)29-14/h4-5,12H,2-3,6-9H2,1H3. The van der Waals surface area contributed by atoms with E-state index >= 15 is 0 Å². The Morgan fingerprint density at radius 2 is 1.82 bits per heavy atom. The number of aryl methyl sites for hydroxylation is 1. The van der Waals surface area contributed by atoms with Crippen LogP contribution in [-0.2, 0) is 12.7 Å². The van der Waals surface area contributed by atoms with E-state index in [-0.39, 0.29) is 17.1 Å². The lowest BCUT2D eigenvalue weighted by Gasteiger charge is -2.48. The molecule has 2 aliphatic rings.